The molecule has 0 saturated carbocycles. The van der Waals surface area contributed by atoms with Gasteiger partial charge in [-0.15, -0.1) is 0 Å². The normalized spacial score (nSPS) is 17.4. The number of carbonyl (C=O) groups excluding carboxylic acids is 1. The number of fused-ring (bicyclic) bond motifs is 1. The number of anilines is 2. The molecule has 2 aliphatic heterocycles. The molecule has 2 fully saturated rings. The molecular weight excluding hydrogens is 498 g/mol. The summed E-state index contributed by atoms with van der Waals surface area (Å²) in [5.41, 5.74) is 5.47. The highest BCUT2D eigenvalue weighted by atomic mass is 35.5. The van der Waals surface area contributed by atoms with Gasteiger partial charge < -0.3 is 25.0 Å². The molecular formula is C29H32ClN7O. The van der Waals surface area contributed by atoms with E-state index in [0.717, 1.165) is 66.3 Å². The number of hydrogen-bond donors (Lipinski definition) is 2. The molecule has 4 heterocycles. The monoisotopic (exact) mass is 529 g/mol. The number of H-pyrrole nitrogens is 1. The van der Waals surface area contributed by atoms with Gasteiger partial charge in [-0.1, -0.05) is 41.9 Å². The molecule has 4 aromatic rings. The molecule has 38 heavy (non-hydrogen) atoms. The first-order valence-electron chi connectivity index (χ1n) is 13.2. The van der Waals surface area contributed by atoms with E-state index in [2.05, 4.69) is 56.4 Å². The van der Waals surface area contributed by atoms with Crippen LogP contribution in [0.5, 0.6) is 0 Å². The zero-order chi connectivity index (χ0) is 26.1. The average molecular weight is 530 g/mol. The predicted molar refractivity (Wildman–Crippen MR) is 153 cm³/mol. The lowest BCUT2D eigenvalue weighted by atomic mass is 10.1. The fourth-order valence-corrected chi connectivity index (χ4v) is 5.48. The number of benzene rings is 2. The zero-order valence-corrected chi connectivity index (χ0v) is 22.3. The second-order valence-corrected chi connectivity index (χ2v) is 10.7. The fourth-order valence-electron chi connectivity index (χ4n) is 5.29. The molecule has 2 aromatic heterocycles. The van der Waals surface area contributed by atoms with E-state index in [1.54, 1.807) is 6.20 Å². The van der Waals surface area contributed by atoms with Crippen molar-refractivity contribution >= 4 is 40.0 Å². The Kier molecular flexibility index (Phi) is 6.91. The maximum atomic E-state index is 12.8. The van der Waals surface area contributed by atoms with Crippen LogP contribution in [0, 0.1) is 0 Å². The Bertz CT molecular complexity index is 1410. The van der Waals surface area contributed by atoms with Crippen molar-refractivity contribution in [3.05, 3.63) is 71.4 Å². The molecule has 2 saturated heterocycles. The molecule has 2 aliphatic rings. The molecule has 9 heteroatoms. The molecule has 6 rings (SSSR count). The van der Waals surface area contributed by atoms with Crippen LogP contribution in [0.2, 0.25) is 5.02 Å². The number of imidazole rings is 1. The highest BCUT2D eigenvalue weighted by Crippen LogP contribution is 2.32. The van der Waals surface area contributed by atoms with Gasteiger partial charge in [-0.05, 0) is 62.8 Å². The first-order valence-corrected chi connectivity index (χ1v) is 13.6. The Labute approximate surface area is 227 Å². The van der Waals surface area contributed by atoms with Crippen molar-refractivity contribution < 1.29 is 4.79 Å². The number of piperazine rings is 1. The summed E-state index contributed by atoms with van der Waals surface area (Å²) in [5, 5.41) is 4.21. The third-order valence-corrected chi connectivity index (χ3v) is 7.86. The minimum Gasteiger partial charge on any atom is -0.379 e. The van der Waals surface area contributed by atoms with Gasteiger partial charge in [-0.3, -0.25) is 4.79 Å². The summed E-state index contributed by atoms with van der Waals surface area (Å²) in [6.07, 6.45) is 3.82. The lowest BCUT2D eigenvalue weighted by Gasteiger charge is -2.35. The Morgan fingerprint density at radius 2 is 1.79 bits per heavy atom. The summed E-state index contributed by atoms with van der Waals surface area (Å²) >= 11 is 6.55. The summed E-state index contributed by atoms with van der Waals surface area (Å²) < 4.78 is 0. The highest BCUT2D eigenvalue weighted by Gasteiger charge is 2.25. The summed E-state index contributed by atoms with van der Waals surface area (Å²) in [4.78, 5) is 32.0. The van der Waals surface area contributed by atoms with Gasteiger partial charge in [-0.25, -0.2) is 9.97 Å². The second kappa shape index (κ2) is 10.6. The molecule has 0 radical (unpaired) electrons. The van der Waals surface area contributed by atoms with Gasteiger partial charge in [0.2, 0.25) is 5.91 Å². The first kappa shape index (κ1) is 24.7. The summed E-state index contributed by atoms with van der Waals surface area (Å²) in [6.45, 7) is 4.68. The van der Waals surface area contributed by atoms with E-state index < -0.39 is 0 Å². The third-order valence-electron chi connectivity index (χ3n) is 7.58. The minimum atomic E-state index is 0.147. The quantitative estimate of drug-likeness (QED) is 0.379. The maximum Gasteiger partial charge on any atom is 0.242 e. The Morgan fingerprint density at radius 3 is 2.53 bits per heavy atom. The lowest BCUT2D eigenvalue weighted by Crippen LogP contribution is -2.50. The van der Waals surface area contributed by atoms with E-state index in [1.807, 2.05) is 35.2 Å². The number of aromatic nitrogens is 3. The van der Waals surface area contributed by atoms with Crippen LogP contribution in [-0.4, -0.2) is 76.5 Å². The first-order chi connectivity index (χ1) is 18.5. The molecule has 2 N–H and O–H groups in total. The number of amides is 1. The largest absolute Gasteiger partial charge is 0.379 e. The average Bonchev–Trinajstić information content (AvgIpc) is 3.38. The smallest absolute Gasteiger partial charge is 0.242 e. The van der Waals surface area contributed by atoms with Gasteiger partial charge >= 0.3 is 0 Å². The van der Waals surface area contributed by atoms with Crippen LogP contribution in [0.1, 0.15) is 18.4 Å². The molecule has 1 amide bonds. The number of rotatable bonds is 6. The van der Waals surface area contributed by atoms with Crippen LogP contribution in [0.4, 0.5) is 11.4 Å². The number of aromatic amines is 1. The van der Waals surface area contributed by atoms with Gasteiger partial charge in [0, 0.05) is 36.9 Å². The number of carbonyl (C=O) groups is 1. The fraction of sp³-hybridized carbons (Fsp3) is 0.345. The third kappa shape index (κ3) is 5.19. The van der Waals surface area contributed by atoms with Crippen LogP contribution >= 0.6 is 11.6 Å². The Balaban J connectivity index is 1.15. The van der Waals surface area contributed by atoms with Crippen LogP contribution in [0.3, 0.4) is 0 Å². The lowest BCUT2D eigenvalue weighted by molar-refractivity contribution is -0.131. The summed E-state index contributed by atoms with van der Waals surface area (Å²) in [5.74, 6) is 0.894. The number of nitrogens with zero attached hydrogens (tertiary/aromatic N) is 5. The topological polar surface area (TPSA) is 80.4 Å². The van der Waals surface area contributed by atoms with Gasteiger partial charge in [0.05, 0.1) is 23.5 Å². The molecule has 0 spiro atoms. The predicted octanol–water partition coefficient (Wildman–Crippen LogP) is 4.63. The SMILES string of the molecule is CN1CCC(Nc2c(Cl)cnc3[nH]c(-c4ccc(N5CCN(Cc6ccccc6)C(=O)C5)cc4)nc23)CC1. The number of hydrogen-bond acceptors (Lipinski definition) is 6. The van der Waals surface area contributed by atoms with Crippen LogP contribution < -0.4 is 10.2 Å². The van der Waals surface area contributed by atoms with Crippen molar-refractivity contribution in [2.45, 2.75) is 25.4 Å². The van der Waals surface area contributed by atoms with Gasteiger partial charge in [0.25, 0.3) is 0 Å². The number of nitrogens with one attached hydrogen (secondary N) is 2. The van der Waals surface area contributed by atoms with Gasteiger partial charge in [0.1, 0.15) is 11.3 Å². The van der Waals surface area contributed by atoms with Crippen molar-refractivity contribution in [3.63, 3.8) is 0 Å². The van der Waals surface area contributed by atoms with Crippen molar-refractivity contribution in [1.29, 1.82) is 0 Å². The van der Waals surface area contributed by atoms with E-state index in [9.17, 15) is 4.79 Å². The number of halogens is 1. The second-order valence-electron chi connectivity index (χ2n) is 10.3. The van der Waals surface area contributed by atoms with Crippen LogP contribution in [0.15, 0.2) is 60.8 Å². The molecule has 0 unspecified atom stereocenters. The van der Waals surface area contributed by atoms with Crippen molar-refractivity contribution in [1.82, 2.24) is 24.8 Å². The minimum absolute atomic E-state index is 0.147. The van der Waals surface area contributed by atoms with E-state index >= 15 is 0 Å². The highest BCUT2D eigenvalue weighted by molar-refractivity contribution is 6.34. The van der Waals surface area contributed by atoms with E-state index in [1.165, 1.54) is 0 Å². The Morgan fingerprint density at radius 1 is 1.03 bits per heavy atom. The molecule has 0 atom stereocenters. The molecule has 0 aliphatic carbocycles. The number of piperidine rings is 1. The van der Waals surface area contributed by atoms with Gasteiger partial charge in [0.15, 0.2) is 5.65 Å². The van der Waals surface area contributed by atoms with Crippen molar-refractivity contribution in [3.8, 4) is 11.4 Å². The molecule has 2 aromatic carbocycles. The Hall–Kier alpha value is -3.62. The molecule has 196 valence electrons. The maximum absolute atomic E-state index is 12.8. The van der Waals surface area contributed by atoms with Crippen LogP contribution in [-0.2, 0) is 11.3 Å². The zero-order valence-electron chi connectivity index (χ0n) is 21.5. The van der Waals surface area contributed by atoms with Crippen LogP contribution in [0.25, 0.3) is 22.6 Å². The van der Waals surface area contributed by atoms with Crippen molar-refractivity contribution in [2.24, 2.45) is 0 Å². The number of likely N-dealkylation sites (tertiary alicyclic amines) is 1. The summed E-state index contributed by atoms with van der Waals surface area (Å²) in [6, 6.07) is 18.7. The van der Waals surface area contributed by atoms with E-state index in [4.69, 9.17) is 16.6 Å². The number of pyridine rings is 1. The van der Waals surface area contributed by atoms with Gasteiger partial charge in [-0.2, -0.15) is 0 Å². The summed E-state index contributed by atoms with van der Waals surface area (Å²) in [7, 11) is 2.16. The molecule has 8 nitrogen and oxygen atoms in total. The standard InChI is InChI=1S/C29H32ClN7O/c1-35-13-11-22(12-14-35)32-26-24(30)17-31-29-27(26)33-28(34-29)21-7-9-23(10-8-21)36-15-16-37(25(38)19-36)18-20-5-3-2-4-6-20/h2-10,17,22H,11-16,18-19H2,1H3,(H2,31,32,33,34). The van der Waals surface area contributed by atoms with E-state index in [0.29, 0.717) is 36.3 Å². The molecule has 0 bridgehead atoms. The van der Waals surface area contributed by atoms with Crippen molar-refractivity contribution in [2.75, 3.05) is 50.0 Å². The van der Waals surface area contributed by atoms with E-state index in [-0.39, 0.29) is 5.91 Å².